The van der Waals surface area contributed by atoms with Crippen molar-refractivity contribution in [1.29, 1.82) is 0 Å². The van der Waals surface area contributed by atoms with E-state index in [2.05, 4.69) is 40.9 Å². The molecule has 16 heteroatoms. The fourth-order valence-electron chi connectivity index (χ4n) is 10.1. The number of carbonyl (C=O) groups is 5. The van der Waals surface area contributed by atoms with Gasteiger partial charge in [-0.2, -0.15) is 0 Å². The molecular formula is C52H65FN6O9. The summed E-state index contributed by atoms with van der Waals surface area (Å²) < 4.78 is 30.2. The van der Waals surface area contributed by atoms with Crippen LogP contribution in [0.2, 0.25) is 0 Å². The number of hydrogen-bond donors (Lipinski definition) is 4. The number of phenolic OH excluding ortho intramolecular Hbond substituents is 1. The Morgan fingerprint density at radius 3 is 2.56 bits per heavy atom. The van der Waals surface area contributed by atoms with E-state index in [1.165, 1.54) is 23.0 Å². The third-order valence-corrected chi connectivity index (χ3v) is 13.6. The Morgan fingerprint density at radius 1 is 1.10 bits per heavy atom. The van der Waals surface area contributed by atoms with E-state index in [0.29, 0.717) is 50.0 Å². The number of phenols is 1. The third kappa shape index (κ3) is 10.0. The second-order valence-corrected chi connectivity index (χ2v) is 19.5. The smallest absolute Gasteiger partial charge is 0.324 e. The molecular weight excluding hydrogens is 872 g/mol. The van der Waals surface area contributed by atoms with Crippen LogP contribution in [0.5, 0.6) is 5.75 Å². The number of amides is 4. The summed E-state index contributed by atoms with van der Waals surface area (Å²) in [6.45, 7) is 14.3. The zero-order valence-corrected chi connectivity index (χ0v) is 40.2. The first kappa shape index (κ1) is 49.8. The second kappa shape index (κ2) is 20.2. The monoisotopic (exact) mass is 936 g/mol. The molecule has 364 valence electrons. The van der Waals surface area contributed by atoms with E-state index >= 15 is 4.39 Å². The van der Waals surface area contributed by atoms with E-state index in [-0.39, 0.29) is 38.2 Å². The van der Waals surface area contributed by atoms with Gasteiger partial charge < -0.3 is 39.4 Å². The first-order chi connectivity index (χ1) is 32.3. The lowest BCUT2D eigenvalue weighted by molar-refractivity contribution is -0.156. The van der Waals surface area contributed by atoms with Crippen LogP contribution in [0.1, 0.15) is 70.6 Å². The highest BCUT2D eigenvalue weighted by Gasteiger charge is 2.48. The molecule has 4 atom stereocenters. The highest BCUT2D eigenvalue weighted by molar-refractivity contribution is 5.97. The number of fused-ring (bicyclic) bond motifs is 6. The number of aliphatic hydroxyl groups is 1. The molecule has 3 aliphatic rings. The first-order valence-electron chi connectivity index (χ1n) is 23.5. The number of likely N-dealkylation sites (tertiary alicyclic amines) is 1. The number of halogens is 1. The SMILES string of the molecule is C=CC(=O)N1CC[C@](O)(C(=O)N(C)[C@H](C(=O)N[C@H]2Cc3cc(cc(O)c3F)-c3ccc4c(c3)c(c(-c3ccccc3CCOC)n4CC)CC(C)(C)COC(=O)[C@@H]3CCCN(N3)C2=O)C(C)C)C1. The number of methoxy groups -OCH3 is 1. The van der Waals surface area contributed by atoms with Crippen molar-refractivity contribution in [1.82, 2.24) is 30.1 Å². The molecule has 68 heavy (non-hydrogen) atoms. The number of β-amino-alcohol motifs (C(OH)–C–C–N with tert-alkyl or cyclic N) is 1. The molecule has 4 aromatic rings. The van der Waals surface area contributed by atoms with Crippen molar-refractivity contribution in [2.24, 2.45) is 11.3 Å². The molecule has 7 rings (SSSR count). The van der Waals surface area contributed by atoms with E-state index in [4.69, 9.17) is 9.47 Å². The second-order valence-electron chi connectivity index (χ2n) is 19.5. The average molecular weight is 937 g/mol. The Bertz CT molecular complexity index is 2610. The van der Waals surface area contributed by atoms with Crippen LogP contribution in [-0.2, 0) is 59.3 Å². The lowest BCUT2D eigenvalue weighted by Gasteiger charge is -2.37. The number of hydrogen-bond acceptors (Lipinski definition) is 10. The number of hydrazine groups is 1. The third-order valence-electron chi connectivity index (χ3n) is 13.6. The Kier molecular flexibility index (Phi) is 14.8. The molecule has 3 aromatic carbocycles. The lowest BCUT2D eigenvalue weighted by atomic mass is 9.83. The van der Waals surface area contributed by atoms with E-state index in [1.54, 1.807) is 27.0 Å². The van der Waals surface area contributed by atoms with Gasteiger partial charge in [0.1, 0.15) is 18.1 Å². The molecule has 0 spiro atoms. The zero-order valence-electron chi connectivity index (χ0n) is 40.2. The zero-order chi connectivity index (χ0) is 49.2. The molecule has 0 saturated carbocycles. The normalized spacial score (nSPS) is 21.3. The van der Waals surface area contributed by atoms with Crippen LogP contribution in [0.25, 0.3) is 33.3 Å². The number of carbonyl (C=O) groups excluding carboxylic acids is 5. The van der Waals surface area contributed by atoms with Crippen LogP contribution in [0.3, 0.4) is 0 Å². The number of benzene rings is 3. The average Bonchev–Trinajstić information content (AvgIpc) is 3.87. The van der Waals surface area contributed by atoms with Crippen molar-refractivity contribution in [2.75, 3.05) is 47.0 Å². The highest BCUT2D eigenvalue weighted by Crippen LogP contribution is 2.42. The summed E-state index contributed by atoms with van der Waals surface area (Å²) in [6, 6.07) is 13.5. The van der Waals surface area contributed by atoms with Gasteiger partial charge in [-0.1, -0.05) is 64.6 Å². The van der Waals surface area contributed by atoms with E-state index in [9.17, 15) is 34.2 Å². The molecule has 3 aliphatic heterocycles. The van der Waals surface area contributed by atoms with Crippen molar-refractivity contribution in [3.63, 3.8) is 0 Å². The summed E-state index contributed by atoms with van der Waals surface area (Å²) in [5, 5.41) is 27.7. The Balaban J connectivity index is 1.33. The number of aromatic nitrogens is 1. The van der Waals surface area contributed by atoms with Gasteiger partial charge in [-0.3, -0.25) is 29.0 Å². The number of nitrogens with one attached hydrogen (secondary N) is 2. The molecule has 2 saturated heterocycles. The predicted octanol–water partition coefficient (Wildman–Crippen LogP) is 5.31. The maximum atomic E-state index is 16.4. The van der Waals surface area contributed by atoms with E-state index in [0.717, 1.165) is 44.3 Å². The summed E-state index contributed by atoms with van der Waals surface area (Å²) >= 11 is 0. The molecule has 15 nitrogen and oxygen atoms in total. The van der Waals surface area contributed by atoms with Crippen LogP contribution in [-0.4, -0.2) is 130 Å². The fourth-order valence-corrected chi connectivity index (χ4v) is 10.1. The van der Waals surface area contributed by atoms with Gasteiger partial charge in [0, 0.05) is 68.5 Å². The number of likely N-dealkylation sites (N-methyl/N-ethyl adjacent to an activating group) is 1. The van der Waals surface area contributed by atoms with Crippen molar-refractivity contribution in [3.05, 3.63) is 89.8 Å². The number of aromatic hydroxyl groups is 1. The number of aryl methyl sites for hydroxylation is 1. The largest absolute Gasteiger partial charge is 0.505 e. The molecule has 4 heterocycles. The summed E-state index contributed by atoms with van der Waals surface area (Å²) in [5.74, 6) is -5.40. The van der Waals surface area contributed by atoms with Crippen LogP contribution < -0.4 is 10.7 Å². The fraction of sp³-hybridized carbons (Fsp3) is 0.481. The standard InChI is InChI=1S/C52H65FN6O9/c1-9-43(61)57-22-20-52(66,29-57)50(65)56(7)45(31(3)4)47(62)54-40-26-35-24-34(27-42(60)44(35)53)33-17-18-41-37(25-33)38(46(58(41)10-2)36-15-12-11-14-32(36)19-23-67-8)28-51(5,6)30-68-49(64)39-16-13-21-59(55-39)48(40)63/h9,11-12,14-15,17-18,24-25,27,31,39-40,45,55,60,66H,1,10,13,16,19-23,26,28-30H2,2-8H3,(H,54,62)/t39-,40-,45-,52+/m0/s1. The van der Waals surface area contributed by atoms with E-state index < -0.39 is 82.6 Å². The summed E-state index contributed by atoms with van der Waals surface area (Å²) in [4.78, 5) is 71.9. The van der Waals surface area contributed by atoms with Crippen molar-refractivity contribution >= 4 is 40.5 Å². The van der Waals surface area contributed by atoms with Crippen molar-refractivity contribution < 1.29 is 48.0 Å². The summed E-state index contributed by atoms with van der Waals surface area (Å²) in [6.07, 6.45) is 2.58. The minimum absolute atomic E-state index is 0.0627. The van der Waals surface area contributed by atoms with Gasteiger partial charge >= 0.3 is 5.97 Å². The van der Waals surface area contributed by atoms with Gasteiger partial charge in [0.05, 0.1) is 25.5 Å². The maximum Gasteiger partial charge on any atom is 0.324 e. The van der Waals surface area contributed by atoms with Crippen LogP contribution in [0.4, 0.5) is 4.39 Å². The van der Waals surface area contributed by atoms with Crippen LogP contribution in [0, 0.1) is 17.2 Å². The summed E-state index contributed by atoms with van der Waals surface area (Å²) in [5.41, 5.74) is 6.72. The van der Waals surface area contributed by atoms with Gasteiger partial charge in [0.2, 0.25) is 11.8 Å². The van der Waals surface area contributed by atoms with Crippen LogP contribution >= 0.6 is 0 Å². The Morgan fingerprint density at radius 2 is 1.85 bits per heavy atom. The molecule has 0 radical (unpaired) electrons. The molecule has 6 bridgehead atoms. The van der Waals surface area contributed by atoms with Crippen molar-refractivity contribution in [2.45, 2.75) is 103 Å². The molecule has 0 aliphatic carbocycles. The van der Waals surface area contributed by atoms with Gasteiger partial charge in [0.25, 0.3) is 11.8 Å². The molecule has 4 N–H and O–H groups in total. The van der Waals surface area contributed by atoms with Gasteiger partial charge in [-0.15, -0.1) is 0 Å². The highest BCUT2D eigenvalue weighted by atomic mass is 19.1. The minimum atomic E-state index is -1.98. The van der Waals surface area contributed by atoms with Crippen LogP contribution in [0.15, 0.2) is 67.3 Å². The quantitative estimate of drug-likeness (QED) is 0.114. The Hall–Kier alpha value is -6.10. The maximum absolute atomic E-state index is 16.4. The van der Waals surface area contributed by atoms with Gasteiger partial charge in [-0.05, 0) is 96.7 Å². The number of rotatable bonds is 11. The topological polar surface area (TPSA) is 183 Å². The number of nitrogens with zero attached hydrogens (tertiary/aromatic N) is 4. The van der Waals surface area contributed by atoms with Gasteiger partial charge in [-0.25, -0.2) is 9.82 Å². The number of esters is 1. The first-order valence-corrected chi connectivity index (χ1v) is 23.5. The number of ether oxygens (including phenoxy) is 2. The molecule has 1 aromatic heterocycles. The van der Waals surface area contributed by atoms with Crippen molar-refractivity contribution in [3.8, 4) is 28.1 Å². The van der Waals surface area contributed by atoms with Gasteiger partial charge in [0.15, 0.2) is 17.2 Å². The van der Waals surface area contributed by atoms with E-state index in [1.807, 2.05) is 44.2 Å². The lowest BCUT2D eigenvalue weighted by Crippen LogP contribution is -2.63. The molecule has 0 unspecified atom stereocenters. The molecule has 2 fully saturated rings. The molecule has 4 amide bonds. The minimum Gasteiger partial charge on any atom is -0.505 e. The summed E-state index contributed by atoms with van der Waals surface area (Å²) in [7, 11) is 3.05. The predicted molar refractivity (Wildman–Crippen MR) is 255 cm³/mol. The number of cyclic esters (lactones) is 1. The Labute approximate surface area is 397 Å².